The fraction of sp³-hybridized carbons (Fsp3) is 0.111. The van der Waals surface area contributed by atoms with E-state index in [9.17, 15) is 13.9 Å². The van der Waals surface area contributed by atoms with Gasteiger partial charge >= 0.3 is 0 Å². The number of thiophene rings is 1. The highest BCUT2D eigenvalue weighted by molar-refractivity contribution is 14.1. The summed E-state index contributed by atoms with van der Waals surface area (Å²) in [6.45, 7) is 0. The Hall–Kier alpha value is -0.430. The minimum atomic E-state index is -2.44. The number of phenols is 1. The fourth-order valence-electron chi connectivity index (χ4n) is 1.21. The molecule has 1 aromatic carbocycles. The Kier molecular flexibility index (Phi) is 2.61. The van der Waals surface area contributed by atoms with E-state index >= 15 is 0 Å². The van der Waals surface area contributed by atoms with E-state index in [1.165, 1.54) is 12.1 Å². The molecule has 1 heterocycles. The van der Waals surface area contributed by atoms with Crippen LogP contribution in [0.25, 0.3) is 10.1 Å². The average molecular weight is 326 g/mol. The smallest absolute Gasteiger partial charge is 0.273 e. The van der Waals surface area contributed by atoms with Gasteiger partial charge in [0.2, 0.25) is 0 Å². The maximum absolute atomic E-state index is 12.5. The Balaban J connectivity index is 2.73. The van der Waals surface area contributed by atoms with Gasteiger partial charge in [-0.25, -0.2) is 8.78 Å². The Morgan fingerprint density at radius 2 is 2.07 bits per heavy atom. The lowest BCUT2D eigenvalue weighted by molar-refractivity contribution is 0.155. The van der Waals surface area contributed by atoms with E-state index in [0.29, 0.717) is 8.27 Å². The molecule has 0 aliphatic rings. The number of fused-ring (bicyclic) bond motifs is 1. The Morgan fingerprint density at radius 3 is 2.71 bits per heavy atom. The maximum atomic E-state index is 12.5. The molecule has 5 heteroatoms. The molecule has 0 fully saturated rings. The highest BCUT2D eigenvalue weighted by atomic mass is 127. The van der Waals surface area contributed by atoms with Crippen molar-refractivity contribution in [3.05, 3.63) is 26.6 Å². The van der Waals surface area contributed by atoms with Crippen LogP contribution in [0.3, 0.4) is 0 Å². The predicted octanol–water partition coefficient (Wildman–Crippen LogP) is 4.15. The zero-order valence-corrected chi connectivity index (χ0v) is 9.77. The van der Waals surface area contributed by atoms with E-state index in [2.05, 4.69) is 0 Å². The molecule has 0 spiro atoms. The van der Waals surface area contributed by atoms with Crippen LogP contribution >= 0.6 is 33.9 Å². The van der Waals surface area contributed by atoms with Crippen molar-refractivity contribution >= 4 is 44.0 Å². The van der Waals surface area contributed by atoms with Gasteiger partial charge in [-0.05, 0) is 40.8 Å². The largest absolute Gasteiger partial charge is 0.508 e. The van der Waals surface area contributed by atoms with Gasteiger partial charge in [-0.15, -0.1) is 11.3 Å². The third kappa shape index (κ3) is 1.58. The van der Waals surface area contributed by atoms with Crippen LogP contribution in [0.1, 0.15) is 11.3 Å². The molecule has 1 aromatic heterocycles. The molecule has 0 bridgehead atoms. The van der Waals surface area contributed by atoms with Crippen LogP contribution in [0.2, 0.25) is 0 Å². The van der Waals surface area contributed by atoms with E-state index in [4.69, 9.17) is 0 Å². The number of rotatable bonds is 1. The zero-order chi connectivity index (χ0) is 10.3. The lowest BCUT2D eigenvalue weighted by atomic mass is 10.2. The predicted molar refractivity (Wildman–Crippen MR) is 61.2 cm³/mol. The fourth-order valence-corrected chi connectivity index (χ4v) is 3.42. The molecule has 0 radical (unpaired) electrons. The van der Waals surface area contributed by atoms with Gasteiger partial charge in [0.25, 0.3) is 6.43 Å². The van der Waals surface area contributed by atoms with Gasteiger partial charge in [-0.1, -0.05) is 0 Å². The van der Waals surface area contributed by atoms with Crippen LogP contribution in [0.5, 0.6) is 5.75 Å². The molecule has 2 aromatic rings. The van der Waals surface area contributed by atoms with Crippen LogP contribution in [-0.4, -0.2) is 5.11 Å². The van der Waals surface area contributed by atoms with Gasteiger partial charge in [0.15, 0.2) is 0 Å². The maximum Gasteiger partial charge on any atom is 0.273 e. The summed E-state index contributed by atoms with van der Waals surface area (Å²) in [7, 11) is 0. The van der Waals surface area contributed by atoms with E-state index < -0.39 is 6.43 Å². The molecule has 1 nitrogen and oxygen atoms in total. The van der Waals surface area contributed by atoms with Crippen LogP contribution in [0, 0.1) is 3.57 Å². The summed E-state index contributed by atoms with van der Waals surface area (Å²) in [4.78, 5) is 0.0752. The van der Waals surface area contributed by atoms with Crippen molar-refractivity contribution < 1.29 is 13.9 Å². The molecule has 74 valence electrons. The van der Waals surface area contributed by atoms with Gasteiger partial charge in [0.1, 0.15) is 5.75 Å². The Bertz CT molecular complexity index is 481. The van der Waals surface area contributed by atoms with E-state index in [0.717, 1.165) is 16.7 Å². The summed E-state index contributed by atoms with van der Waals surface area (Å²) in [5.74, 6) is 0.107. The van der Waals surface area contributed by atoms with Crippen LogP contribution in [0.15, 0.2) is 18.2 Å². The summed E-state index contributed by atoms with van der Waals surface area (Å²) >= 11 is 2.94. The number of halogens is 3. The highest BCUT2D eigenvalue weighted by Crippen LogP contribution is 2.39. The van der Waals surface area contributed by atoms with Crippen molar-refractivity contribution in [1.29, 1.82) is 0 Å². The minimum absolute atomic E-state index is 0.0752. The van der Waals surface area contributed by atoms with E-state index in [1.54, 1.807) is 6.07 Å². The molecule has 0 atom stereocenters. The number of hydrogen-bond donors (Lipinski definition) is 1. The van der Waals surface area contributed by atoms with Crippen LogP contribution < -0.4 is 0 Å². The summed E-state index contributed by atoms with van der Waals surface area (Å²) in [6.07, 6.45) is -2.44. The summed E-state index contributed by atoms with van der Waals surface area (Å²) < 4.78 is 26.3. The second kappa shape index (κ2) is 3.62. The van der Waals surface area contributed by atoms with Crippen molar-refractivity contribution in [2.75, 3.05) is 0 Å². The first kappa shape index (κ1) is 10.1. The third-order valence-electron chi connectivity index (χ3n) is 1.84. The Morgan fingerprint density at radius 1 is 1.36 bits per heavy atom. The minimum Gasteiger partial charge on any atom is -0.508 e. The first-order chi connectivity index (χ1) is 6.59. The second-order valence-corrected chi connectivity index (χ2v) is 4.92. The summed E-state index contributed by atoms with van der Waals surface area (Å²) in [6, 6.07) is 4.68. The molecule has 0 saturated carbocycles. The van der Waals surface area contributed by atoms with E-state index in [-0.39, 0.29) is 10.6 Å². The molecule has 0 aliphatic carbocycles. The quantitative estimate of drug-likeness (QED) is 0.781. The molecular weight excluding hydrogens is 321 g/mol. The molecule has 0 unspecified atom stereocenters. The normalized spacial score (nSPS) is 11.4. The van der Waals surface area contributed by atoms with Gasteiger partial charge in [0, 0.05) is 13.7 Å². The number of hydrogen-bond acceptors (Lipinski definition) is 2. The first-order valence-corrected chi connectivity index (χ1v) is 5.68. The van der Waals surface area contributed by atoms with Crippen LogP contribution in [0.4, 0.5) is 8.78 Å². The summed E-state index contributed by atoms with van der Waals surface area (Å²) in [5, 5.41) is 9.97. The Labute approximate surface area is 96.5 Å². The monoisotopic (exact) mass is 326 g/mol. The topological polar surface area (TPSA) is 20.2 Å². The van der Waals surface area contributed by atoms with Gasteiger partial charge in [0.05, 0.1) is 4.88 Å². The van der Waals surface area contributed by atoms with Crippen molar-refractivity contribution in [2.45, 2.75) is 6.43 Å². The molecule has 14 heavy (non-hydrogen) atoms. The molecular formula is C9H5F2IOS. The lowest BCUT2D eigenvalue weighted by Crippen LogP contribution is -1.79. The zero-order valence-electron chi connectivity index (χ0n) is 6.80. The van der Waals surface area contributed by atoms with Crippen molar-refractivity contribution in [2.24, 2.45) is 0 Å². The van der Waals surface area contributed by atoms with Crippen molar-refractivity contribution in [1.82, 2.24) is 0 Å². The molecule has 0 amide bonds. The SMILES string of the molecule is Oc1ccc2c(I)c(C(F)F)sc2c1. The molecule has 0 aliphatic heterocycles. The van der Waals surface area contributed by atoms with Gasteiger partial charge < -0.3 is 5.11 Å². The summed E-state index contributed by atoms with van der Waals surface area (Å²) in [5.41, 5.74) is 0. The molecule has 1 N–H and O–H groups in total. The standard InChI is InChI=1S/C9H5F2IOS/c10-9(11)8-7(12)5-2-1-4(13)3-6(5)14-8/h1-3,9,13H. The second-order valence-electron chi connectivity index (χ2n) is 2.76. The van der Waals surface area contributed by atoms with Gasteiger partial charge in [-0.3, -0.25) is 0 Å². The van der Waals surface area contributed by atoms with Crippen LogP contribution in [-0.2, 0) is 0 Å². The third-order valence-corrected chi connectivity index (χ3v) is 4.52. The number of phenolic OH excluding ortho intramolecular Hbond substituents is 1. The van der Waals surface area contributed by atoms with Crippen molar-refractivity contribution in [3.8, 4) is 5.75 Å². The lowest BCUT2D eigenvalue weighted by Gasteiger charge is -1.93. The number of alkyl halides is 2. The number of aromatic hydroxyl groups is 1. The first-order valence-electron chi connectivity index (χ1n) is 3.78. The molecule has 0 saturated heterocycles. The number of benzene rings is 1. The van der Waals surface area contributed by atoms with Gasteiger partial charge in [-0.2, -0.15) is 0 Å². The van der Waals surface area contributed by atoms with Crippen molar-refractivity contribution in [3.63, 3.8) is 0 Å². The molecule has 2 rings (SSSR count). The average Bonchev–Trinajstić information content (AvgIpc) is 2.43. The highest BCUT2D eigenvalue weighted by Gasteiger charge is 2.17. The van der Waals surface area contributed by atoms with E-state index in [1.807, 2.05) is 22.6 Å².